The van der Waals surface area contributed by atoms with Gasteiger partial charge in [0, 0.05) is 0 Å². The van der Waals surface area contributed by atoms with Gasteiger partial charge in [-0.2, -0.15) is 0 Å². The van der Waals surface area contributed by atoms with Crippen molar-refractivity contribution in [3.8, 4) is 0 Å². The third-order valence-electron chi connectivity index (χ3n) is 1.99. The molecule has 0 fully saturated rings. The lowest BCUT2D eigenvalue weighted by atomic mass is 10.4. The highest BCUT2D eigenvalue weighted by Crippen LogP contribution is 1.97. The molecule has 0 aliphatic heterocycles. The van der Waals surface area contributed by atoms with E-state index < -0.39 is 6.10 Å². The van der Waals surface area contributed by atoms with Crippen LogP contribution in [0.1, 0.15) is 47.5 Å². The first-order chi connectivity index (χ1) is 7.97. The molecular formula is C13H30O4. The van der Waals surface area contributed by atoms with Crippen LogP contribution in [-0.2, 0) is 9.47 Å². The quantitative estimate of drug-likeness (QED) is 0.691. The standard InChI is InChI=1S/C9H20O4.C4H10/c1-7(11)5-12-9(3)6-13-8(2)4-10;1-3-4-2/h7-11H,4-6H2,1-3H3;3-4H2,1-2H3. The first-order valence-corrected chi connectivity index (χ1v) is 6.49. The van der Waals surface area contributed by atoms with Crippen molar-refractivity contribution in [2.24, 2.45) is 0 Å². The molecule has 0 rings (SSSR count). The molecule has 0 aliphatic rings. The molecule has 4 heteroatoms. The van der Waals surface area contributed by atoms with E-state index in [9.17, 15) is 0 Å². The topological polar surface area (TPSA) is 58.9 Å². The minimum absolute atomic E-state index is 0.0170. The monoisotopic (exact) mass is 250 g/mol. The van der Waals surface area contributed by atoms with Gasteiger partial charge < -0.3 is 19.7 Å². The summed E-state index contributed by atoms with van der Waals surface area (Å²) in [6, 6.07) is 0. The number of ether oxygens (including phenoxy) is 2. The maximum absolute atomic E-state index is 8.92. The van der Waals surface area contributed by atoms with Crippen molar-refractivity contribution in [1.82, 2.24) is 0 Å². The van der Waals surface area contributed by atoms with Gasteiger partial charge in [-0.3, -0.25) is 0 Å². The number of aliphatic hydroxyl groups is 2. The van der Waals surface area contributed by atoms with Gasteiger partial charge in [-0.15, -0.1) is 0 Å². The number of hydrogen-bond donors (Lipinski definition) is 2. The van der Waals surface area contributed by atoms with Crippen molar-refractivity contribution in [1.29, 1.82) is 0 Å². The second-order valence-corrected chi connectivity index (χ2v) is 4.32. The molecule has 0 saturated carbocycles. The normalized spacial score (nSPS) is 15.7. The fraction of sp³-hybridized carbons (Fsp3) is 1.00. The lowest BCUT2D eigenvalue weighted by Gasteiger charge is -2.16. The van der Waals surface area contributed by atoms with E-state index in [1.165, 1.54) is 12.8 Å². The molecule has 106 valence electrons. The smallest absolute Gasteiger partial charge is 0.0781 e. The first kappa shape index (κ1) is 19.2. The fourth-order valence-corrected chi connectivity index (χ4v) is 0.704. The van der Waals surface area contributed by atoms with Gasteiger partial charge in [-0.1, -0.05) is 26.7 Å². The maximum Gasteiger partial charge on any atom is 0.0781 e. The molecule has 17 heavy (non-hydrogen) atoms. The highest BCUT2D eigenvalue weighted by atomic mass is 16.5. The van der Waals surface area contributed by atoms with E-state index in [0.29, 0.717) is 13.2 Å². The molecule has 0 aliphatic carbocycles. The van der Waals surface area contributed by atoms with Gasteiger partial charge in [0.2, 0.25) is 0 Å². The molecule has 0 saturated heterocycles. The van der Waals surface area contributed by atoms with Gasteiger partial charge in [0.25, 0.3) is 0 Å². The zero-order valence-corrected chi connectivity index (χ0v) is 12.0. The Labute approximate surface area is 106 Å². The molecule has 0 spiro atoms. The Morgan fingerprint density at radius 1 is 0.882 bits per heavy atom. The average molecular weight is 250 g/mol. The highest BCUT2D eigenvalue weighted by Gasteiger charge is 2.06. The van der Waals surface area contributed by atoms with Crippen molar-refractivity contribution >= 4 is 0 Å². The van der Waals surface area contributed by atoms with Crippen LogP contribution in [-0.4, -0.2) is 48.3 Å². The van der Waals surface area contributed by atoms with Crippen LogP contribution in [0.2, 0.25) is 0 Å². The molecule has 0 bridgehead atoms. The number of rotatable bonds is 8. The second kappa shape index (κ2) is 13.9. The molecule has 0 radical (unpaired) electrons. The van der Waals surface area contributed by atoms with E-state index in [0.717, 1.165) is 0 Å². The minimum Gasteiger partial charge on any atom is -0.394 e. The van der Waals surface area contributed by atoms with Crippen molar-refractivity contribution in [3.63, 3.8) is 0 Å². The zero-order valence-electron chi connectivity index (χ0n) is 12.0. The van der Waals surface area contributed by atoms with Gasteiger partial charge in [-0.25, -0.2) is 0 Å². The van der Waals surface area contributed by atoms with E-state index in [1.807, 2.05) is 6.92 Å². The maximum atomic E-state index is 8.92. The van der Waals surface area contributed by atoms with Gasteiger partial charge in [0.15, 0.2) is 0 Å². The Balaban J connectivity index is 0. The lowest BCUT2D eigenvalue weighted by Crippen LogP contribution is -2.24. The van der Waals surface area contributed by atoms with Gasteiger partial charge in [-0.05, 0) is 20.8 Å². The minimum atomic E-state index is -0.447. The van der Waals surface area contributed by atoms with Crippen LogP contribution in [0, 0.1) is 0 Å². The van der Waals surface area contributed by atoms with E-state index in [2.05, 4.69) is 13.8 Å². The summed E-state index contributed by atoms with van der Waals surface area (Å²) in [5, 5.41) is 17.6. The van der Waals surface area contributed by atoms with Crippen LogP contribution in [0.25, 0.3) is 0 Å². The van der Waals surface area contributed by atoms with Crippen LogP contribution in [0.5, 0.6) is 0 Å². The third kappa shape index (κ3) is 18.4. The van der Waals surface area contributed by atoms with Crippen LogP contribution in [0.3, 0.4) is 0 Å². The Bertz CT molecular complexity index is 137. The predicted octanol–water partition coefficient (Wildman–Crippen LogP) is 1.98. The summed E-state index contributed by atoms with van der Waals surface area (Å²) >= 11 is 0. The van der Waals surface area contributed by atoms with Crippen molar-refractivity contribution in [2.75, 3.05) is 19.8 Å². The summed E-state index contributed by atoms with van der Waals surface area (Å²) in [7, 11) is 0. The van der Waals surface area contributed by atoms with E-state index in [-0.39, 0.29) is 18.8 Å². The summed E-state index contributed by atoms with van der Waals surface area (Å²) < 4.78 is 10.5. The van der Waals surface area contributed by atoms with Crippen LogP contribution < -0.4 is 0 Å². The van der Waals surface area contributed by atoms with Crippen molar-refractivity contribution < 1.29 is 19.7 Å². The van der Waals surface area contributed by atoms with Gasteiger partial charge in [0.05, 0.1) is 38.1 Å². The van der Waals surface area contributed by atoms with E-state index in [1.54, 1.807) is 13.8 Å². The first-order valence-electron chi connectivity index (χ1n) is 6.49. The summed E-state index contributed by atoms with van der Waals surface area (Å²) in [5.41, 5.74) is 0. The zero-order chi connectivity index (χ0) is 13.7. The molecule has 0 aromatic heterocycles. The molecule has 2 N–H and O–H groups in total. The lowest BCUT2D eigenvalue weighted by molar-refractivity contribution is -0.0620. The second-order valence-electron chi connectivity index (χ2n) is 4.32. The molecule has 4 nitrogen and oxygen atoms in total. The van der Waals surface area contributed by atoms with Gasteiger partial charge >= 0.3 is 0 Å². The van der Waals surface area contributed by atoms with Crippen LogP contribution in [0.15, 0.2) is 0 Å². The Kier molecular flexibility index (Phi) is 15.7. The molecule has 3 unspecified atom stereocenters. The van der Waals surface area contributed by atoms with E-state index in [4.69, 9.17) is 19.7 Å². The summed E-state index contributed by atoms with van der Waals surface area (Å²) in [6.45, 7) is 10.5. The van der Waals surface area contributed by atoms with Crippen molar-refractivity contribution in [2.45, 2.75) is 65.8 Å². The average Bonchev–Trinajstić information content (AvgIpc) is 2.33. The summed E-state index contributed by atoms with van der Waals surface area (Å²) in [4.78, 5) is 0. The van der Waals surface area contributed by atoms with Gasteiger partial charge in [0.1, 0.15) is 0 Å². The Hall–Kier alpha value is -0.160. The predicted molar refractivity (Wildman–Crippen MR) is 70.2 cm³/mol. The SMILES string of the molecule is CC(O)COC(C)COC(C)CO.CCCC. The molecule has 3 atom stereocenters. The molecular weight excluding hydrogens is 220 g/mol. The Morgan fingerprint density at radius 3 is 1.71 bits per heavy atom. The summed E-state index contributed by atoms with van der Waals surface area (Å²) in [6.07, 6.45) is 1.99. The third-order valence-corrected chi connectivity index (χ3v) is 1.99. The molecule has 0 aromatic carbocycles. The van der Waals surface area contributed by atoms with E-state index >= 15 is 0 Å². The Morgan fingerprint density at radius 2 is 1.35 bits per heavy atom. The number of aliphatic hydroxyl groups excluding tert-OH is 2. The largest absolute Gasteiger partial charge is 0.394 e. The number of hydrogen-bond acceptors (Lipinski definition) is 4. The molecule has 0 heterocycles. The highest BCUT2D eigenvalue weighted by molar-refractivity contribution is 4.52. The van der Waals surface area contributed by atoms with Crippen LogP contribution >= 0.6 is 0 Å². The number of unbranched alkanes of at least 4 members (excludes halogenated alkanes) is 1. The van der Waals surface area contributed by atoms with Crippen molar-refractivity contribution in [3.05, 3.63) is 0 Å². The molecule has 0 aromatic rings. The fourth-order valence-electron chi connectivity index (χ4n) is 0.704. The summed E-state index contributed by atoms with van der Waals surface area (Å²) in [5.74, 6) is 0. The molecule has 0 amide bonds. The van der Waals surface area contributed by atoms with Crippen LogP contribution in [0.4, 0.5) is 0 Å².